The normalized spacial score (nSPS) is 25.2. The van der Waals surface area contributed by atoms with Crippen molar-refractivity contribution in [3.05, 3.63) is 99.8 Å². The number of ether oxygens (including phenoxy) is 4. The molecule has 0 spiro atoms. The van der Waals surface area contributed by atoms with Crippen molar-refractivity contribution in [3.8, 4) is 5.75 Å². The zero-order valence-electron chi connectivity index (χ0n) is 20.1. The van der Waals surface area contributed by atoms with Crippen molar-refractivity contribution in [2.45, 2.75) is 50.3 Å². The predicted molar refractivity (Wildman–Crippen MR) is 134 cm³/mol. The van der Waals surface area contributed by atoms with Crippen molar-refractivity contribution in [2.75, 3.05) is 19.9 Å². The molecule has 0 N–H and O–H groups in total. The third kappa shape index (κ3) is 5.14. The van der Waals surface area contributed by atoms with E-state index in [4.69, 9.17) is 30.5 Å². The maximum Gasteiger partial charge on any atom is 0.198 e. The largest absolute Gasteiger partial charge is 0.491 e. The molecule has 3 aromatic rings. The lowest BCUT2D eigenvalue weighted by Crippen LogP contribution is -2.47. The van der Waals surface area contributed by atoms with Gasteiger partial charge in [0.05, 0.1) is 25.9 Å². The maximum absolute atomic E-state index is 14.4. The Morgan fingerprint density at radius 2 is 1.86 bits per heavy atom. The molecular weight excluding hydrogens is 486 g/mol. The molecule has 190 valence electrons. The lowest BCUT2D eigenvalue weighted by Gasteiger charge is -2.41. The summed E-state index contributed by atoms with van der Waals surface area (Å²) in [6.45, 7) is 2.12. The Morgan fingerprint density at radius 1 is 1.03 bits per heavy atom. The molecule has 2 saturated heterocycles. The second-order valence-electron chi connectivity index (χ2n) is 9.47. The molecule has 0 aromatic heterocycles. The summed E-state index contributed by atoms with van der Waals surface area (Å²) in [5.74, 6) is -1.32. The molecule has 0 radical (unpaired) electrons. The quantitative estimate of drug-likeness (QED) is 0.316. The molecule has 7 heteroatoms. The molecule has 4 nitrogen and oxygen atoms in total. The van der Waals surface area contributed by atoms with Gasteiger partial charge in [-0.15, -0.1) is 0 Å². The number of fused-ring (bicyclic) bond motifs is 2. The third-order valence-corrected chi connectivity index (χ3v) is 7.16. The molecule has 36 heavy (non-hydrogen) atoms. The Bertz CT molecular complexity index is 1210. The highest BCUT2D eigenvalue weighted by Crippen LogP contribution is 2.50. The lowest BCUT2D eigenvalue weighted by atomic mass is 9.88. The van der Waals surface area contributed by atoms with Gasteiger partial charge in [0, 0.05) is 23.4 Å². The Hall–Kier alpha value is -2.51. The number of rotatable bonds is 9. The molecule has 5 rings (SSSR count). The molecule has 0 saturated carbocycles. The first-order valence-corrected chi connectivity index (χ1v) is 12.6. The highest BCUT2D eigenvalue weighted by Gasteiger charge is 2.58. The fraction of sp³-hybridized carbons (Fsp3) is 0.379. The second kappa shape index (κ2) is 10.5. The fourth-order valence-electron chi connectivity index (χ4n) is 5.03. The second-order valence-corrected chi connectivity index (χ2v) is 9.88. The van der Waals surface area contributed by atoms with Gasteiger partial charge in [0.2, 0.25) is 0 Å². The fourth-order valence-corrected chi connectivity index (χ4v) is 5.21. The van der Waals surface area contributed by atoms with E-state index in [1.807, 2.05) is 55.5 Å². The van der Waals surface area contributed by atoms with E-state index in [2.05, 4.69) is 0 Å². The Kier molecular flexibility index (Phi) is 7.31. The lowest BCUT2D eigenvalue weighted by molar-refractivity contribution is -0.252. The van der Waals surface area contributed by atoms with Gasteiger partial charge < -0.3 is 18.9 Å². The molecular formula is C29H29ClF2O4. The molecule has 2 aliphatic rings. The van der Waals surface area contributed by atoms with E-state index in [0.29, 0.717) is 37.5 Å². The van der Waals surface area contributed by atoms with Crippen LogP contribution in [0.15, 0.2) is 66.7 Å². The van der Waals surface area contributed by atoms with Gasteiger partial charge in [-0.25, -0.2) is 8.78 Å². The zero-order chi connectivity index (χ0) is 25.2. The molecule has 2 bridgehead atoms. The summed E-state index contributed by atoms with van der Waals surface area (Å²) in [5, 5.41) is 0.548. The van der Waals surface area contributed by atoms with Crippen LogP contribution in [0.2, 0.25) is 5.02 Å². The number of hydrogen-bond acceptors (Lipinski definition) is 4. The van der Waals surface area contributed by atoms with E-state index >= 15 is 0 Å². The zero-order valence-corrected chi connectivity index (χ0v) is 20.9. The predicted octanol–water partition coefficient (Wildman–Crippen LogP) is 6.76. The van der Waals surface area contributed by atoms with Crippen LogP contribution in [0.3, 0.4) is 0 Å². The van der Waals surface area contributed by atoms with Crippen molar-refractivity contribution >= 4 is 11.6 Å². The van der Waals surface area contributed by atoms with Crippen molar-refractivity contribution in [3.63, 3.8) is 0 Å². The first-order valence-electron chi connectivity index (χ1n) is 12.2. The van der Waals surface area contributed by atoms with Gasteiger partial charge in [-0.05, 0) is 54.3 Å². The van der Waals surface area contributed by atoms with E-state index in [1.165, 1.54) is 6.07 Å². The van der Waals surface area contributed by atoms with E-state index in [-0.39, 0.29) is 18.5 Å². The Balaban J connectivity index is 1.38. The molecule has 3 aromatic carbocycles. The molecule has 1 unspecified atom stereocenters. The van der Waals surface area contributed by atoms with Crippen LogP contribution in [0, 0.1) is 5.82 Å². The monoisotopic (exact) mass is 514 g/mol. The highest BCUT2D eigenvalue weighted by atomic mass is 35.5. The maximum atomic E-state index is 14.4. The van der Waals surface area contributed by atoms with Crippen molar-refractivity contribution < 1.29 is 27.7 Å². The first-order chi connectivity index (χ1) is 17.4. The van der Waals surface area contributed by atoms with Gasteiger partial charge >= 0.3 is 0 Å². The molecule has 2 fully saturated rings. The van der Waals surface area contributed by atoms with Crippen LogP contribution < -0.4 is 4.74 Å². The number of halogens is 3. The van der Waals surface area contributed by atoms with E-state index in [1.54, 1.807) is 12.1 Å². The topological polar surface area (TPSA) is 36.9 Å². The minimum atomic E-state index is -1.13. The highest BCUT2D eigenvalue weighted by molar-refractivity contribution is 6.31. The van der Waals surface area contributed by atoms with Crippen LogP contribution in [0.5, 0.6) is 5.75 Å². The SMILES string of the molecule is CCOc1ccc(Cc2cc([C@]34CC(OCc5ccccc5)C[C@](CF)(CO3)O4)ccc2Cl)cc1F. The van der Waals surface area contributed by atoms with Gasteiger partial charge in [0.15, 0.2) is 17.4 Å². The minimum Gasteiger partial charge on any atom is -0.491 e. The summed E-state index contributed by atoms with van der Waals surface area (Å²) in [6.07, 6.45) is 1.02. The van der Waals surface area contributed by atoms with Gasteiger partial charge in [-0.1, -0.05) is 54.1 Å². The molecule has 2 heterocycles. The van der Waals surface area contributed by atoms with Crippen LogP contribution in [-0.2, 0) is 33.0 Å². The summed E-state index contributed by atoms with van der Waals surface area (Å²) in [7, 11) is 0. The Morgan fingerprint density at radius 3 is 2.61 bits per heavy atom. The first kappa shape index (κ1) is 25.2. The van der Waals surface area contributed by atoms with Gasteiger partial charge in [-0.2, -0.15) is 0 Å². The minimum absolute atomic E-state index is 0.150. The molecule has 3 atom stereocenters. The van der Waals surface area contributed by atoms with Crippen molar-refractivity contribution in [1.82, 2.24) is 0 Å². The summed E-state index contributed by atoms with van der Waals surface area (Å²) in [4.78, 5) is 0. The summed E-state index contributed by atoms with van der Waals surface area (Å²) in [6, 6.07) is 20.3. The van der Waals surface area contributed by atoms with Crippen LogP contribution >= 0.6 is 11.6 Å². The summed E-state index contributed by atoms with van der Waals surface area (Å²) in [5.41, 5.74) is 2.31. The summed E-state index contributed by atoms with van der Waals surface area (Å²) >= 11 is 6.52. The summed E-state index contributed by atoms with van der Waals surface area (Å²) < 4.78 is 52.6. The van der Waals surface area contributed by atoms with Crippen LogP contribution in [0.1, 0.15) is 42.0 Å². The van der Waals surface area contributed by atoms with E-state index in [9.17, 15) is 8.78 Å². The van der Waals surface area contributed by atoms with Crippen LogP contribution in [-0.4, -0.2) is 31.6 Å². The molecule has 0 aliphatic carbocycles. The standard InChI is InChI=1S/C29H29ClF2O4/c1-2-33-27-11-8-21(13-26(27)32)12-22-14-23(9-10-25(22)30)29-16-24(15-28(18-31,36-29)19-35-29)34-17-20-6-4-3-5-7-20/h3-11,13-14,24H,2,12,15-19H2,1H3/t24?,28-,29+/m0/s1. The van der Waals surface area contributed by atoms with Gasteiger partial charge in [-0.3, -0.25) is 0 Å². The van der Waals surface area contributed by atoms with E-state index in [0.717, 1.165) is 22.3 Å². The van der Waals surface area contributed by atoms with Gasteiger partial charge in [0.1, 0.15) is 12.3 Å². The number of benzene rings is 3. The smallest absolute Gasteiger partial charge is 0.198 e. The molecule has 0 amide bonds. The van der Waals surface area contributed by atoms with Crippen LogP contribution in [0.25, 0.3) is 0 Å². The Labute approximate surface area is 215 Å². The third-order valence-electron chi connectivity index (χ3n) is 6.79. The average Bonchev–Trinajstić information content (AvgIpc) is 3.18. The van der Waals surface area contributed by atoms with Crippen molar-refractivity contribution in [2.24, 2.45) is 0 Å². The van der Waals surface area contributed by atoms with Crippen LogP contribution in [0.4, 0.5) is 8.78 Å². The molecule has 2 aliphatic heterocycles. The van der Waals surface area contributed by atoms with E-state index < -0.39 is 23.9 Å². The van der Waals surface area contributed by atoms with Gasteiger partial charge in [0.25, 0.3) is 0 Å². The number of hydrogen-bond donors (Lipinski definition) is 0. The average molecular weight is 515 g/mol. The number of alkyl halides is 1. The van der Waals surface area contributed by atoms with Crippen molar-refractivity contribution in [1.29, 1.82) is 0 Å².